The molecular weight excluding hydrogens is 566 g/mol. The molecule has 9 atom stereocenters. The number of likely N-dealkylation sites (N-methyl/N-ethyl adjacent to an activating group) is 1. The molecule has 11 nitrogen and oxygen atoms in total. The van der Waals surface area contributed by atoms with Crippen molar-refractivity contribution < 1.29 is 38.4 Å². The van der Waals surface area contributed by atoms with Gasteiger partial charge in [0, 0.05) is 45.6 Å². The molecule has 9 unspecified atom stereocenters. The normalized spacial score (nSPS) is 35.7. The summed E-state index contributed by atoms with van der Waals surface area (Å²) in [4.78, 5) is 40.5. The molecule has 246 valence electrons. The van der Waals surface area contributed by atoms with E-state index in [0.29, 0.717) is 25.9 Å². The molecule has 0 aliphatic carbocycles. The van der Waals surface area contributed by atoms with E-state index in [2.05, 4.69) is 30.3 Å². The van der Waals surface area contributed by atoms with Gasteiger partial charge in [0.1, 0.15) is 23.9 Å². The summed E-state index contributed by atoms with van der Waals surface area (Å²) in [5, 5.41) is 14.0. The Morgan fingerprint density at radius 1 is 1.11 bits per heavy atom. The van der Waals surface area contributed by atoms with Crippen LogP contribution in [0.1, 0.15) is 60.3 Å². The summed E-state index contributed by atoms with van der Waals surface area (Å²) >= 11 is 0. The second kappa shape index (κ2) is 15.1. The predicted octanol–water partition coefficient (Wildman–Crippen LogP) is 2.14. The standard InChI is InChI=1S/C33H51N3O8/c1-21(7-10-28-22(2)17-27(24(4)43-28)34-30(38)12-9-23(3)42-25(5)37)8-11-29-32(40)33(20-41-33)19-26(44-29)18-31(39)36-15-13-35(6)14-16-36/h7-9,11-12,22-24,26-29,32,40H,10,13-20H2,1-6H3,(H,34,38). The fraction of sp³-hybridized carbons (Fsp3) is 0.727. The van der Waals surface area contributed by atoms with Crippen LogP contribution in [-0.2, 0) is 33.3 Å². The van der Waals surface area contributed by atoms with Gasteiger partial charge >= 0.3 is 5.97 Å². The van der Waals surface area contributed by atoms with Gasteiger partial charge in [-0.25, -0.2) is 0 Å². The zero-order valence-corrected chi connectivity index (χ0v) is 27.1. The Hall–Kier alpha value is -2.57. The van der Waals surface area contributed by atoms with E-state index in [1.807, 2.05) is 30.9 Å². The summed E-state index contributed by atoms with van der Waals surface area (Å²) < 4.78 is 23.3. The summed E-state index contributed by atoms with van der Waals surface area (Å²) in [5.41, 5.74) is 0.398. The van der Waals surface area contributed by atoms with Crippen LogP contribution in [0.3, 0.4) is 0 Å². The van der Waals surface area contributed by atoms with Crippen LogP contribution in [0.4, 0.5) is 0 Å². The monoisotopic (exact) mass is 617 g/mol. The molecule has 0 radical (unpaired) electrons. The highest BCUT2D eigenvalue weighted by atomic mass is 16.6. The number of piperazine rings is 1. The maximum absolute atomic E-state index is 12.9. The highest BCUT2D eigenvalue weighted by molar-refractivity contribution is 5.87. The maximum Gasteiger partial charge on any atom is 0.303 e. The number of epoxide rings is 1. The SMILES string of the molecule is CC(=O)OC(C)C=CC(=O)NC1CC(C)C(CC=C(C)C=CC2OC(CC(=O)N3CCN(C)CC3)CC3(CO3)C2O)OC1C. The van der Waals surface area contributed by atoms with Gasteiger partial charge in [-0.1, -0.05) is 30.7 Å². The number of nitrogens with one attached hydrogen (secondary N) is 1. The first kappa shape index (κ1) is 34.3. The van der Waals surface area contributed by atoms with E-state index in [-0.39, 0.29) is 42.1 Å². The Kier molecular flexibility index (Phi) is 11.8. The molecule has 11 heteroatoms. The lowest BCUT2D eigenvalue weighted by Gasteiger charge is -2.39. The quantitative estimate of drug-likeness (QED) is 0.164. The molecule has 44 heavy (non-hydrogen) atoms. The van der Waals surface area contributed by atoms with Crippen LogP contribution < -0.4 is 5.32 Å². The van der Waals surface area contributed by atoms with Crippen LogP contribution in [-0.4, -0.2) is 121 Å². The lowest BCUT2D eigenvalue weighted by atomic mass is 9.87. The summed E-state index contributed by atoms with van der Waals surface area (Å²) in [6, 6.07) is -0.120. The van der Waals surface area contributed by atoms with Crippen LogP contribution in [0.25, 0.3) is 0 Å². The number of nitrogens with zero attached hydrogens (tertiary/aromatic N) is 2. The first-order valence-electron chi connectivity index (χ1n) is 16.0. The van der Waals surface area contributed by atoms with E-state index in [1.54, 1.807) is 13.0 Å². The van der Waals surface area contributed by atoms with E-state index in [1.165, 1.54) is 13.0 Å². The Morgan fingerprint density at radius 2 is 1.82 bits per heavy atom. The molecule has 4 fully saturated rings. The number of ether oxygens (including phenoxy) is 4. The van der Waals surface area contributed by atoms with Crippen molar-refractivity contribution >= 4 is 17.8 Å². The number of carbonyl (C=O) groups excluding carboxylic acids is 3. The lowest BCUT2D eigenvalue weighted by molar-refractivity contribution is -0.152. The van der Waals surface area contributed by atoms with Crippen molar-refractivity contribution in [3.8, 4) is 0 Å². The van der Waals surface area contributed by atoms with Gasteiger partial charge in [0.15, 0.2) is 0 Å². The van der Waals surface area contributed by atoms with Crippen LogP contribution in [0, 0.1) is 5.92 Å². The largest absolute Gasteiger partial charge is 0.459 e. The number of rotatable bonds is 10. The second-order valence-corrected chi connectivity index (χ2v) is 13.0. The number of carbonyl (C=O) groups is 3. The van der Waals surface area contributed by atoms with Gasteiger partial charge < -0.3 is 39.2 Å². The third-order valence-electron chi connectivity index (χ3n) is 9.18. The Bertz CT molecular complexity index is 1110. The lowest BCUT2D eigenvalue weighted by Crippen LogP contribution is -2.52. The molecular formula is C33H51N3O8. The molecule has 0 aromatic heterocycles. The van der Waals surface area contributed by atoms with Crippen molar-refractivity contribution in [2.24, 2.45) is 5.92 Å². The fourth-order valence-corrected chi connectivity index (χ4v) is 6.27. The maximum atomic E-state index is 12.9. The molecule has 2 N–H and O–H groups in total. The third-order valence-corrected chi connectivity index (χ3v) is 9.18. The minimum absolute atomic E-state index is 0.00524. The summed E-state index contributed by atoms with van der Waals surface area (Å²) in [6.07, 6.45) is 8.96. The summed E-state index contributed by atoms with van der Waals surface area (Å²) in [7, 11) is 2.06. The molecule has 0 saturated carbocycles. The van der Waals surface area contributed by atoms with Gasteiger partial charge in [-0.3, -0.25) is 14.4 Å². The number of hydrogen-bond donors (Lipinski definition) is 2. The molecule has 0 bridgehead atoms. The van der Waals surface area contributed by atoms with Gasteiger partial charge in [0.2, 0.25) is 11.8 Å². The number of hydrogen-bond acceptors (Lipinski definition) is 9. The zero-order chi connectivity index (χ0) is 32.0. The predicted molar refractivity (Wildman–Crippen MR) is 165 cm³/mol. The highest BCUT2D eigenvalue weighted by Crippen LogP contribution is 2.43. The van der Waals surface area contributed by atoms with Gasteiger partial charge in [0.05, 0.1) is 37.4 Å². The number of allylic oxidation sites excluding steroid dienone is 2. The smallest absolute Gasteiger partial charge is 0.303 e. The Labute approximate surface area is 261 Å². The van der Waals surface area contributed by atoms with Crippen molar-refractivity contribution in [3.05, 3.63) is 36.0 Å². The molecule has 0 aromatic carbocycles. The highest BCUT2D eigenvalue weighted by Gasteiger charge is 2.58. The number of esters is 1. The van der Waals surface area contributed by atoms with Crippen molar-refractivity contribution in [2.75, 3.05) is 39.8 Å². The molecule has 4 aliphatic heterocycles. The van der Waals surface area contributed by atoms with Crippen molar-refractivity contribution in [3.63, 3.8) is 0 Å². The Balaban J connectivity index is 1.26. The van der Waals surface area contributed by atoms with Crippen molar-refractivity contribution in [2.45, 2.75) is 109 Å². The van der Waals surface area contributed by atoms with Crippen molar-refractivity contribution in [1.29, 1.82) is 0 Å². The molecule has 4 rings (SSSR count). The topological polar surface area (TPSA) is 130 Å². The molecule has 2 amide bonds. The van der Waals surface area contributed by atoms with E-state index in [4.69, 9.17) is 18.9 Å². The average Bonchev–Trinajstić information content (AvgIpc) is 3.74. The van der Waals surface area contributed by atoms with Gasteiger partial charge in [-0.05, 0) is 52.7 Å². The van der Waals surface area contributed by atoms with Gasteiger partial charge in [-0.2, -0.15) is 0 Å². The average molecular weight is 618 g/mol. The van der Waals surface area contributed by atoms with E-state index in [0.717, 1.165) is 38.2 Å². The molecule has 1 spiro atoms. The van der Waals surface area contributed by atoms with E-state index in [9.17, 15) is 19.5 Å². The molecule has 4 saturated heterocycles. The van der Waals surface area contributed by atoms with Crippen LogP contribution >= 0.6 is 0 Å². The number of aliphatic hydroxyl groups excluding tert-OH is 1. The summed E-state index contributed by atoms with van der Waals surface area (Å²) in [5.74, 6) is -0.317. The third kappa shape index (κ3) is 9.47. The first-order valence-corrected chi connectivity index (χ1v) is 16.0. The van der Waals surface area contributed by atoms with Crippen LogP contribution in [0.5, 0.6) is 0 Å². The number of amides is 2. The first-order chi connectivity index (χ1) is 20.8. The molecule has 4 heterocycles. The number of aliphatic hydroxyl groups is 1. The van der Waals surface area contributed by atoms with Gasteiger partial charge in [0.25, 0.3) is 0 Å². The van der Waals surface area contributed by atoms with Crippen LogP contribution in [0.2, 0.25) is 0 Å². The van der Waals surface area contributed by atoms with Crippen LogP contribution in [0.15, 0.2) is 36.0 Å². The molecule has 0 aromatic rings. The zero-order valence-electron chi connectivity index (χ0n) is 27.1. The Morgan fingerprint density at radius 3 is 2.48 bits per heavy atom. The van der Waals surface area contributed by atoms with E-state index < -0.39 is 29.9 Å². The minimum atomic E-state index is -0.782. The summed E-state index contributed by atoms with van der Waals surface area (Å²) in [6.45, 7) is 12.8. The van der Waals surface area contributed by atoms with Crippen molar-refractivity contribution in [1.82, 2.24) is 15.1 Å². The second-order valence-electron chi connectivity index (χ2n) is 13.0. The fourth-order valence-electron chi connectivity index (χ4n) is 6.27. The minimum Gasteiger partial charge on any atom is -0.459 e. The van der Waals surface area contributed by atoms with E-state index >= 15 is 0 Å². The molecule has 4 aliphatic rings. The van der Waals surface area contributed by atoms with Gasteiger partial charge in [-0.15, -0.1) is 0 Å².